The third kappa shape index (κ3) is 5.58. The van der Waals surface area contributed by atoms with Gasteiger partial charge < -0.3 is 10.1 Å². The fourth-order valence-corrected chi connectivity index (χ4v) is 5.20. The Hall–Kier alpha value is -2.54. The van der Waals surface area contributed by atoms with E-state index in [9.17, 15) is 13.2 Å². The summed E-state index contributed by atoms with van der Waals surface area (Å²) >= 11 is 0. The maximum Gasteiger partial charge on any atom is 0.232 e. The summed E-state index contributed by atoms with van der Waals surface area (Å²) in [5.74, 6) is 0.779. The van der Waals surface area contributed by atoms with Crippen LogP contribution in [0.5, 0.6) is 5.75 Å². The molecule has 0 heterocycles. The molecule has 7 heteroatoms. The third-order valence-corrected chi connectivity index (χ3v) is 7.19. The van der Waals surface area contributed by atoms with Gasteiger partial charge in [-0.3, -0.25) is 9.10 Å². The van der Waals surface area contributed by atoms with E-state index in [2.05, 4.69) is 5.32 Å². The van der Waals surface area contributed by atoms with Crippen LogP contribution in [0.4, 0.5) is 5.69 Å². The van der Waals surface area contributed by atoms with E-state index in [1.165, 1.54) is 16.1 Å². The van der Waals surface area contributed by atoms with E-state index in [4.69, 9.17) is 4.74 Å². The van der Waals surface area contributed by atoms with Crippen molar-refractivity contribution in [3.63, 3.8) is 0 Å². The van der Waals surface area contributed by atoms with Crippen molar-refractivity contribution in [1.82, 2.24) is 5.32 Å². The summed E-state index contributed by atoms with van der Waals surface area (Å²) < 4.78 is 31.5. The van der Waals surface area contributed by atoms with Crippen molar-refractivity contribution in [3.8, 4) is 5.75 Å². The van der Waals surface area contributed by atoms with Gasteiger partial charge in [0.15, 0.2) is 0 Å². The first-order valence-electron chi connectivity index (χ1n) is 10.7. The number of anilines is 1. The van der Waals surface area contributed by atoms with E-state index in [1.54, 1.807) is 7.11 Å². The number of sulfonamides is 1. The maximum absolute atomic E-state index is 12.6. The third-order valence-electron chi connectivity index (χ3n) is 6.01. The summed E-state index contributed by atoms with van der Waals surface area (Å²) in [7, 11) is -1.78. The molecule has 0 aromatic heterocycles. The van der Waals surface area contributed by atoms with Crippen LogP contribution in [-0.2, 0) is 21.2 Å². The van der Waals surface area contributed by atoms with E-state index in [1.807, 2.05) is 50.2 Å². The van der Waals surface area contributed by atoms with Crippen LogP contribution in [0.15, 0.2) is 36.4 Å². The molecule has 168 valence electrons. The highest BCUT2D eigenvalue weighted by Crippen LogP contribution is 2.32. The zero-order valence-electron chi connectivity index (χ0n) is 18.8. The number of hydrogen-bond acceptors (Lipinski definition) is 4. The zero-order valence-corrected chi connectivity index (χ0v) is 19.6. The minimum atomic E-state index is -3.44. The van der Waals surface area contributed by atoms with Crippen LogP contribution in [0.25, 0.3) is 0 Å². The number of benzene rings is 2. The van der Waals surface area contributed by atoms with Crippen molar-refractivity contribution >= 4 is 21.6 Å². The monoisotopic (exact) mass is 444 g/mol. The molecular weight excluding hydrogens is 412 g/mol. The van der Waals surface area contributed by atoms with Crippen LogP contribution in [0.1, 0.15) is 54.0 Å². The summed E-state index contributed by atoms with van der Waals surface area (Å²) in [6.07, 6.45) is 4.84. The van der Waals surface area contributed by atoms with Gasteiger partial charge in [0.1, 0.15) is 5.75 Å². The van der Waals surface area contributed by atoms with Crippen molar-refractivity contribution in [2.45, 2.75) is 52.0 Å². The van der Waals surface area contributed by atoms with Gasteiger partial charge in [-0.15, -0.1) is 0 Å². The molecule has 0 radical (unpaired) electrons. The Balaban J connectivity index is 1.63. The van der Waals surface area contributed by atoms with Gasteiger partial charge in [-0.05, 0) is 80.0 Å². The molecule has 1 N–H and O–H groups in total. The second-order valence-corrected chi connectivity index (χ2v) is 10.1. The molecule has 0 fully saturated rings. The molecular formula is C24H32N2O4S. The van der Waals surface area contributed by atoms with Gasteiger partial charge in [0, 0.05) is 13.0 Å². The highest BCUT2D eigenvalue weighted by atomic mass is 32.2. The number of rotatable bonds is 8. The van der Waals surface area contributed by atoms with E-state index in [-0.39, 0.29) is 24.9 Å². The van der Waals surface area contributed by atoms with Crippen molar-refractivity contribution in [2.24, 2.45) is 0 Å². The number of fused-ring (bicyclic) bond motifs is 1. The molecule has 6 nitrogen and oxygen atoms in total. The highest BCUT2D eigenvalue weighted by Gasteiger charge is 2.23. The fraction of sp³-hybridized carbons (Fsp3) is 0.458. The summed E-state index contributed by atoms with van der Waals surface area (Å²) in [6.45, 7) is 4.16. The van der Waals surface area contributed by atoms with E-state index >= 15 is 0 Å². The molecule has 1 aliphatic rings. The Morgan fingerprint density at radius 1 is 1.23 bits per heavy atom. The quantitative estimate of drug-likeness (QED) is 0.666. The molecule has 0 spiro atoms. The van der Waals surface area contributed by atoms with Crippen LogP contribution in [0, 0.1) is 13.8 Å². The predicted octanol–water partition coefficient (Wildman–Crippen LogP) is 4.05. The topological polar surface area (TPSA) is 75.7 Å². The maximum atomic E-state index is 12.6. The van der Waals surface area contributed by atoms with Gasteiger partial charge in [0.25, 0.3) is 0 Å². The Kier molecular flexibility index (Phi) is 7.26. The molecule has 0 unspecified atom stereocenters. The number of hydrogen-bond donors (Lipinski definition) is 1. The van der Waals surface area contributed by atoms with E-state index < -0.39 is 10.0 Å². The van der Waals surface area contributed by atoms with Crippen LogP contribution in [0.3, 0.4) is 0 Å². The lowest BCUT2D eigenvalue weighted by Gasteiger charge is -2.27. The van der Waals surface area contributed by atoms with Gasteiger partial charge >= 0.3 is 0 Å². The van der Waals surface area contributed by atoms with Crippen LogP contribution < -0.4 is 14.4 Å². The summed E-state index contributed by atoms with van der Waals surface area (Å²) in [5.41, 5.74) is 5.02. The van der Waals surface area contributed by atoms with Crippen molar-refractivity contribution in [3.05, 3.63) is 58.7 Å². The fourth-order valence-electron chi connectivity index (χ4n) is 4.19. The summed E-state index contributed by atoms with van der Waals surface area (Å²) in [5, 5.41) is 3.14. The van der Waals surface area contributed by atoms with Crippen LogP contribution in [0.2, 0.25) is 0 Å². The van der Waals surface area contributed by atoms with Crippen molar-refractivity contribution in [2.75, 3.05) is 24.2 Å². The second-order valence-electron chi connectivity index (χ2n) is 8.23. The summed E-state index contributed by atoms with van der Waals surface area (Å²) in [6, 6.07) is 11.6. The van der Waals surface area contributed by atoms with Crippen LogP contribution in [-0.4, -0.2) is 34.2 Å². The lowest BCUT2D eigenvalue weighted by Crippen LogP contribution is -2.34. The van der Waals surface area contributed by atoms with Crippen molar-refractivity contribution < 1.29 is 17.9 Å². The van der Waals surface area contributed by atoms with Gasteiger partial charge in [-0.2, -0.15) is 0 Å². The Morgan fingerprint density at radius 3 is 2.71 bits per heavy atom. The largest absolute Gasteiger partial charge is 0.497 e. The molecule has 2 aromatic carbocycles. The molecule has 1 atom stereocenters. The Morgan fingerprint density at radius 2 is 2.00 bits per heavy atom. The number of nitrogens with zero attached hydrogens (tertiary/aromatic N) is 1. The number of carbonyl (C=O) groups is 1. The lowest BCUT2D eigenvalue weighted by molar-refractivity contribution is -0.122. The normalized spacial score (nSPS) is 15.8. The number of nitrogens with one attached hydrogen (secondary N) is 1. The van der Waals surface area contributed by atoms with Crippen molar-refractivity contribution in [1.29, 1.82) is 0 Å². The number of ether oxygens (including phenoxy) is 1. The van der Waals surface area contributed by atoms with Gasteiger partial charge in [0.2, 0.25) is 15.9 Å². The Labute approximate surface area is 185 Å². The first-order valence-corrected chi connectivity index (χ1v) is 12.6. The summed E-state index contributed by atoms with van der Waals surface area (Å²) in [4.78, 5) is 12.6. The number of carbonyl (C=O) groups excluding carboxylic acids is 1. The van der Waals surface area contributed by atoms with Gasteiger partial charge in [-0.1, -0.05) is 18.2 Å². The number of methoxy groups -OCH3 is 1. The molecule has 3 rings (SSSR count). The highest BCUT2D eigenvalue weighted by molar-refractivity contribution is 7.92. The SMILES string of the molecule is COc1ccc2c(c1)CCC[C@@H]2NC(=O)CCCN(c1cccc(C)c1C)S(C)(=O)=O. The smallest absolute Gasteiger partial charge is 0.232 e. The minimum absolute atomic E-state index is 0.00724. The van der Waals surface area contributed by atoms with Gasteiger partial charge in [0.05, 0.1) is 25.1 Å². The molecule has 2 aromatic rings. The minimum Gasteiger partial charge on any atom is -0.497 e. The zero-order chi connectivity index (χ0) is 22.6. The lowest BCUT2D eigenvalue weighted by atomic mass is 9.87. The molecule has 0 aliphatic heterocycles. The molecule has 1 amide bonds. The van der Waals surface area contributed by atoms with Crippen LogP contribution >= 0.6 is 0 Å². The molecule has 0 bridgehead atoms. The standard InChI is InChI=1S/C24H32N2O4S/c1-17-8-5-11-23(18(17)2)26(31(4,28)29)15-7-12-24(27)25-22-10-6-9-19-16-20(30-3)13-14-21(19)22/h5,8,11,13-14,16,22H,6-7,9-10,12,15H2,1-4H3,(H,25,27)/t22-/m0/s1. The molecule has 1 aliphatic carbocycles. The average Bonchev–Trinajstić information content (AvgIpc) is 2.72. The first kappa shape index (κ1) is 23.1. The van der Waals surface area contributed by atoms with E-state index in [0.717, 1.165) is 41.7 Å². The molecule has 31 heavy (non-hydrogen) atoms. The van der Waals surface area contributed by atoms with E-state index in [0.29, 0.717) is 12.1 Å². The predicted molar refractivity (Wildman–Crippen MR) is 124 cm³/mol. The molecule has 0 saturated carbocycles. The Bertz CT molecular complexity index is 1050. The van der Waals surface area contributed by atoms with Gasteiger partial charge in [-0.25, -0.2) is 8.42 Å². The average molecular weight is 445 g/mol. The number of aryl methyl sites for hydroxylation is 2. The first-order chi connectivity index (χ1) is 14.7. The number of amides is 1. The molecule has 0 saturated heterocycles. The second kappa shape index (κ2) is 9.73.